The predicted octanol–water partition coefficient (Wildman–Crippen LogP) is 3.80. The van der Waals surface area contributed by atoms with Gasteiger partial charge in [0.15, 0.2) is 5.65 Å². The van der Waals surface area contributed by atoms with Gasteiger partial charge in [-0.05, 0) is 48.2 Å². The van der Waals surface area contributed by atoms with Crippen LogP contribution in [0.3, 0.4) is 0 Å². The number of pyridine rings is 2. The van der Waals surface area contributed by atoms with Crippen LogP contribution < -0.4 is 16.2 Å². The smallest absolute Gasteiger partial charge is 0.410 e. The summed E-state index contributed by atoms with van der Waals surface area (Å²) in [6.07, 6.45) is 3.87. The van der Waals surface area contributed by atoms with Gasteiger partial charge < -0.3 is 15.0 Å². The van der Waals surface area contributed by atoms with Gasteiger partial charge in [0.2, 0.25) is 0 Å². The van der Waals surface area contributed by atoms with E-state index >= 15 is 0 Å². The Morgan fingerprint density at radius 3 is 2.50 bits per heavy atom. The van der Waals surface area contributed by atoms with Crippen molar-refractivity contribution in [3.8, 4) is 0 Å². The van der Waals surface area contributed by atoms with E-state index in [1.54, 1.807) is 35.2 Å². The molecular weight excluding hydrogens is 484 g/mol. The molecule has 0 atom stereocenters. The van der Waals surface area contributed by atoms with Gasteiger partial charge in [0.25, 0.3) is 5.56 Å². The number of rotatable bonds is 8. The van der Waals surface area contributed by atoms with E-state index in [0.29, 0.717) is 36.9 Å². The van der Waals surface area contributed by atoms with Crippen molar-refractivity contribution in [2.75, 3.05) is 10.6 Å². The van der Waals surface area contributed by atoms with E-state index in [9.17, 15) is 9.59 Å². The van der Waals surface area contributed by atoms with Gasteiger partial charge in [-0.25, -0.2) is 24.4 Å². The zero-order valence-corrected chi connectivity index (χ0v) is 20.9. The summed E-state index contributed by atoms with van der Waals surface area (Å²) in [5.41, 5.74) is 5.36. The topological polar surface area (TPSA) is 140 Å². The Bertz CT molecular complexity index is 1650. The number of amides is 1. The molecule has 11 nitrogen and oxygen atoms in total. The molecule has 0 radical (unpaired) electrons. The fourth-order valence-electron chi connectivity index (χ4n) is 4.33. The molecule has 11 heteroatoms. The molecule has 4 heterocycles. The molecule has 0 aliphatic heterocycles. The first-order valence-electron chi connectivity index (χ1n) is 12.0. The third-order valence-corrected chi connectivity index (χ3v) is 6.26. The summed E-state index contributed by atoms with van der Waals surface area (Å²) < 4.78 is 3.49. The number of hydrogen-bond donors (Lipinski definition) is 3. The number of fused-ring (bicyclic) bond motifs is 1. The summed E-state index contributed by atoms with van der Waals surface area (Å²) in [6, 6.07) is 14.9. The maximum atomic E-state index is 12.0. The van der Waals surface area contributed by atoms with Crippen molar-refractivity contribution in [1.82, 2.24) is 29.3 Å². The lowest BCUT2D eigenvalue weighted by atomic mass is 10.1. The average molecular weight is 511 g/mol. The maximum Gasteiger partial charge on any atom is 0.410 e. The molecule has 0 unspecified atom stereocenters. The monoisotopic (exact) mass is 510 g/mol. The van der Waals surface area contributed by atoms with Crippen molar-refractivity contribution in [3.63, 3.8) is 0 Å². The molecule has 38 heavy (non-hydrogen) atoms. The molecule has 192 valence electrons. The van der Waals surface area contributed by atoms with E-state index in [0.717, 1.165) is 33.3 Å². The molecule has 0 aliphatic carbocycles. The molecule has 1 amide bonds. The van der Waals surface area contributed by atoms with E-state index in [-0.39, 0.29) is 5.56 Å². The minimum atomic E-state index is -1.15. The molecule has 0 saturated heterocycles. The summed E-state index contributed by atoms with van der Waals surface area (Å²) in [5, 5.41) is 19.9. The summed E-state index contributed by atoms with van der Waals surface area (Å²) in [4.78, 5) is 36.1. The maximum absolute atomic E-state index is 12.0. The number of carboxylic acid groups (broad SMARTS) is 1. The van der Waals surface area contributed by atoms with Crippen LogP contribution in [0.25, 0.3) is 11.0 Å². The Kier molecular flexibility index (Phi) is 6.81. The first-order chi connectivity index (χ1) is 18.4. The van der Waals surface area contributed by atoms with Crippen LogP contribution in [0.2, 0.25) is 0 Å². The molecule has 0 bridgehead atoms. The van der Waals surface area contributed by atoms with Crippen LogP contribution >= 0.6 is 0 Å². The molecule has 0 spiro atoms. The van der Waals surface area contributed by atoms with Gasteiger partial charge in [0, 0.05) is 24.5 Å². The van der Waals surface area contributed by atoms with Gasteiger partial charge in [-0.1, -0.05) is 30.3 Å². The van der Waals surface area contributed by atoms with Crippen LogP contribution in [-0.2, 0) is 19.6 Å². The number of anilines is 2. The van der Waals surface area contributed by atoms with Crippen molar-refractivity contribution >= 4 is 28.8 Å². The molecule has 1 aromatic carbocycles. The van der Waals surface area contributed by atoms with Crippen LogP contribution in [0.1, 0.15) is 27.9 Å². The second-order valence-electron chi connectivity index (χ2n) is 8.92. The number of nitrogens with one attached hydrogen (secondary N) is 2. The second-order valence-corrected chi connectivity index (χ2v) is 8.92. The number of hydrogen-bond acceptors (Lipinski definition) is 7. The normalized spacial score (nSPS) is 11.0. The second kappa shape index (κ2) is 10.5. The van der Waals surface area contributed by atoms with Gasteiger partial charge in [0.05, 0.1) is 24.7 Å². The van der Waals surface area contributed by atoms with Crippen molar-refractivity contribution in [2.24, 2.45) is 0 Å². The van der Waals surface area contributed by atoms with Crippen molar-refractivity contribution in [2.45, 2.75) is 33.5 Å². The first kappa shape index (κ1) is 24.6. The number of aryl methyl sites for hydroxylation is 2. The SMILES string of the molecule is Cc1cc(NC(=O)O)nc(C)c1CNc1ncnc2c1cnn2Cc1ccc(Cn2ccccc2=O)cc1. The summed E-state index contributed by atoms with van der Waals surface area (Å²) in [7, 11) is 0. The Labute approximate surface area is 217 Å². The third kappa shape index (κ3) is 5.36. The van der Waals surface area contributed by atoms with Crippen LogP contribution in [0.15, 0.2) is 72.0 Å². The van der Waals surface area contributed by atoms with Gasteiger partial charge in [0.1, 0.15) is 18.0 Å². The van der Waals surface area contributed by atoms with E-state index in [1.165, 1.54) is 6.33 Å². The fraction of sp³-hybridized carbons (Fsp3) is 0.185. The number of benzene rings is 1. The highest BCUT2D eigenvalue weighted by molar-refractivity contribution is 5.86. The minimum absolute atomic E-state index is 0.0301. The Balaban J connectivity index is 1.30. The molecule has 5 rings (SSSR count). The Morgan fingerprint density at radius 1 is 1.03 bits per heavy atom. The van der Waals surface area contributed by atoms with E-state index in [4.69, 9.17) is 5.11 Å². The molecule has 0 fully saturated rings. The Hall–Kier alpha value is -5.06. The van der Waals surface area contributed by atoms with Gasteiger partial charge >= 0.3 is 6.09 Å². The van der Waals surface area contributed by atoms with Crippen LogP contribution in [0, 0.1) is 13.8 Å². The molecule has 4 aromatic heterocycles. The summed E-state index contributed by atoms with van der Waals surface area (Å²) in [5.74, 6) is 0.945. The van der Waals surface area contributed by atoms with Gasteiger partial charge in [-0.15, -0.1) is 0 Å². The summed E-state index contributed by atoms with van der Waals surface area (Å²) in [6.45, 7) is 5.26. The first-order valence-corrected chi connectivity index (χ1v) is 12.0. The fourth-order valence-corrected chi connectivity index (χ4v) is 4.33. The highest BCUT2D eigenvalue weighted by Gasteiger charge is 2.13. The van der Waals surface area contributed by atoms with Crippen molar-refractivity contribution in [1.29, 1.82) is 0 Å². The summed E-state index contributed by atoms with van der Waals surface area (Å²) >= 11 is 0. The number of nitrogens with zero attached hydrogens (tertiary/aromatic N) is 6. The van der Waals surface area contributed by atoms with Gasteiger partial charge in [-0.2, -0.15) is 5.10 Å². The highest BCUT2D eigenvalue weighted by atomic mass is 16.4. The Morgan fingerprint density at radius 2 is 1.79 bits per heavy atom. The van der Waals surface area contributed by atoms with E-state index in [2.05, 4.69) is 30.7 Å². The van der Waals surface area contributed by atoms with Crippen LogP contribution in [0.4, 0.5) is 16.4 Å². The highest BCUT2D eigenvalue weighted by Crippen LogP contribution is 2.22. The molecule has 5 aromatic rings. The average Bonchev–Trinajstić information content (AvgIpc) is 3.29. The predicted molar refractivity (Wildman–Crippen MR) is 143 cm³/mol. The zero-order chi connectivity index (χ0) is 26.6. The molecule has 3 N–H and O–H groups in total. The third-order valence-electron chi connectivity index (χ3n) is 6.26. The molecule has 0 aliphatic rings. The van der Waals surface area contributed by atoms with Gasteiger partial charge in [-0.3, -0.25) is 10.1 Å². The molecule has 0 saturated carbocycles. The molecular formula is C27H26N8O3. The minimum Gasteiger partial charge on any atom is -0.465 e. The lowest BCUT2D eigenvalue weighted by molar-refractivity contribution is 0.209. The van der Waals surface area contributed by atoms with Crippen LogP contribution in [-0.4, -0.2) is 40.5 Å². The lowest BCUT2D eigenvalue weighted by Gasteiger charge is -2.13. The lowest BCUT2D eigenvalue weighted by Crippen LogP contribution is -2.18. The number of aromatic nitrogens is 6. The van der Waals surface area contributed by atoms with E-state index < -0.39 is 6.09 Å². The largest absolute Gasteiger partial charge is 0.465 e. The van der Waals surface area contributed by atoms with Crippen molar-refractivity contribution in [3.05, 3.63) is 106 Å². The van der Waals surface area contributed by atoms with E-state index in [1.807, 2.05) is 48.9 Å². The quantitative estimate of drug-likeness (QED) is 0.286. The van der Waals surface area contributed by atoms with Crippen LogP contribution in [0.5, 0.6) is 0 Å². The standard InChI is InChI=1S/C27H26N8O3/c1-17-11-23(33-27(37)38)32-18(2)21(17)12-28-25-22-13-31-35(26(22)30-16-29-25)15-20-8-6-19(7-9-20)14-34-10-4-3-5-24(34)36/h3-11,13,16H,12,14-15H2,1-2H3,(H,32,33)(H,37,38)(H,28,29,30). The zero-order valence-electron chi connectivity index (χ0n) is 20.9. The number of carbonyl (C=O) groups is 1. The van der Waals surface area contributed by atoms with Crippen molar-refractivity contribution < 1.29 is 9.90 Å².